The molecule has 2 amide bonds. The van der Waals surface area contributed by atoms with Gasteiger partial charge in [0, 0.05) is 0 Å². The zero-order chi connectivity index (χ0) is 18.7. The zero-order valence-corrected chi connectivity index (χ0v) is 15.8. The summed E-state index contributed by atoms with van der Waals surface area (Å²) in [6.45, 7) is 6.02. The van der Waals surface area contributed by atoms with E-state index in [1.165, 1.54) is 0 Å². The van der Waals surface area contributed by atoms with Gasteiger partial charge in [0.2, 0.25) is 0 Å². The van der Waals surface area contributed by atoms with E-state index in [0.717, 1.165) is 11.1 Å². The molecule has 1 heterocycles. The Morgan fingerprint density at radius 3 is 2.65 bits per heavy atom. The minimum Gasteiger partial charge on any atom is -0.348 e. The predicted octanol–water partition coefficient (Wildman–Crippen LogP) is 4.66. The van der Waals surface area contributed by atoms with Crippen molar-refractivity contribution < 1.29 is 14.3 Å². The van der Waals surface area contributed by atoms with Crippen LogP contribution in [0.4, 0.5) is 10.5 Å². The summed E-state index contributed by atoms with van der Waals surface area (Å²) in [6.07, 6.45) is -0.307. The molecular weight excluding hydrogens is 352 g/mol. The predicted molar refractivity (Wildman–Crippen MR) is 102 cm³/mol. The van der Waals surface area contributed by atoms with Crippen LogP contribution in [0, 0.1) is 6.92 Å². The molecular formula is C20H23ClN2O3. The molecule has 0 radical (unpaired) electrons. The van der Waals surface area contributed by atoms with Crippen LogP contribution in [0.2, 0.25) is 5.02 Å². The fourth-order valence-electron chi connectivity index (χ4n) is 2.92. The van der Waals surface area contributed by atoms with Crippen molar-refractivity contribution in [2.75, 3.05) is 11.9 Å². The highest BCUT2D eigenvalue weighted by molar-refractivity contribution is 6.33. The first-order valence-corrected chi connectivity index (χ1v) is 8.92. The number of amides is 2. The van der Waals surface area contributed by atoms with E-state index in [1.807, 2.05) is 63.2 Å². The second-order valence-electron chi connectivity index (χ2n) is 6.85. The van der Waals surface area contributed by atoms with E-state index < -0.39 is 5.79 Å². The van der Waals surface area contributed by atoms with Crippen LogP contribution in [-0.4, -0.2) is 24.5 Å². The summed E-state index contributed by atoms with van der Waals surface area (Å²) in [5.74, 6) is -0.713. The first kappa shape index (κ1) is 18.7. The number of hydrogen-bond acceptors (Lipinski definition) is 3. The van der Waals surface area contributed by atoms with Crippen molar-refractivity contribution in [1.82, 2.24) is 5.32 Å². The third kappa shape index (κ3) is 4.55. The summed E-state index contributed by atoms with van der Waals surface area (Å²) >= 11 is 6.15. The molecule has 2 N–H and O–H groups in total. The number of halogens is 1. The van der Waals surface area contributed by atoms with Crippen LogP contribution >= 0.6 is 11.6 Å². The maximum atomic E-state index is 12.5. The molecule has 0 bridgehead atoms. The van der Waals surface area contributed by atoms with Crippen LogP contribution in [0.5, 0.6) is 0 Å². The summed E-state index contributed by atoms with van der Waals surface area (Å²) in [5.41, 5.74) is 2.57. The van der Waals surface area contributed by atoms with Gasteiger partial charge in [-0.1, -0.05) is 48.0 Å². The molecule has 0 aliphatic carbocycles. The zero-order valence-electron chi connectivity index (χ0n) is 15.1. The summed E-state index contributed by atoms with van der Waals surface area (Å²) in [7, 11) is 0. The second-order valence-corrected chi connectivity index (χ2v) is 7.26. The normalized spacial score (nSPS) is 21.8. The van der Waals surface area contributed by atoms with Gasteiger partial charge < -0.3 is 20.1 Å². The van der Waals surface area contributed by atoms with Gasteiger partial charge in [0.25, 0.3) is 0 Å². The number of aryl methyl sites for hydroxylation is 1. The Bertz CT molecular complexity index is 780. The molecule has 1 saturated heterocycles. The smallest absolute Gasteiger partial charge is 0.319 e. The van der Waals surface area contributed by atoms with Crippen molar-refractivity contribution in [3.8, 4) is 0 Å². The van der Waals surface area contributed by atoms with Gasteiger partial charge >= 0.3 is 6.03 Å². The first-order valence-electron chi connectivity index (χ1n) is 8.54. The fraction of sp³-hybridized carbons (Fsp3) is 0.350. The molecule has 0 aromatic heterocycles. The molecule has 138 valence electrons. The van der Waals surface area contributed by atoms with Crippen LogP contribution in [0.3, 0.4) is 0 Å². The standard InChI is InChI=1S/C20H23ClN2O3/c1-13-9-10-15(21)16(11-13)22-19(24)23-17-12-25-20(2,3)26-18(17)14-7-5-4-6-8-14/h4-11,17-18H,12H2,1-3H3,(H2,22,23,24)/t17-,18+/m0/s1. The highest BCUT2D eigenvalue weighted by Crippen LogP contribution is 2.33. The Morgan fingerprint density at radius 2 is 1.92 bits per heavy atom. The second kappa shape index (κ2) is 7.66. The van der Waals surface area contributed by atoms with E-state index >= 15 is 0 Å². The van der Waals surface area contributed by atoms with E-state index in [4.69, 9.17) is 21.1 Å². The fourth-order valence-corrected chi connectivity index (χ4v) is 3.09. The van der Waals surface area contributed by atoms with Gasteiger partial charge in [-0.05, 0) is 44.0 Å². The van der Waals surface area contributed by atoms with Gasteiger partial charge in [-0.2, -0.15) is 0 Å². The maximum absolute atomic E-state index is 12.5. The Morgan fingerprint density at radius 1 is 1.19 bits per heavy atom. The van der Waals surface area contributed by atoms with Gasteiger partial charge in [-0.25, -0.2) is 4.79 Å². The quantitative estimate of drug-likeness (QED) is 0.821. The lowest BCUT2D eigenvalue weighted by molar-refractivity contribution is -0.284. The van der Waals surface area contributed by atoms with Crippen LogP contribution in [-0.2, 0) is 9.47 Å². The molecule has 0 spiro atoms. The number of anilines is 1. The Balaban J connectivity index is 1.74. The largest absolute Gasteiger partial charge is 0.348 e. The van der Waals surface area contributed by atoms with E-state index in [1.54, 1.807) is 6.07 Å². The lowest BCUT2D eigenvalue weighted by Crippen LogP contribution is -2.52. The SMILES string of the molecule is Cc1ccc(Cl)c(NC(=O)N[C@H]2COC(C)(C)O[C@@H]2c2ccccc2)c1. The third-order valence-corrected chi connectivity index (χ3v) is 4.53. The van der Waals surface area contributed by atoms with E-state index in [2.05, 4.69) is 10.6 Å². The molecule has 2 aromatic rings. The average Bonchev–Trinajstić information content (AvgIpc) is 2.60. The molecule has 2 aromatic carbocycles. The van der Waals surface area contributed by atoms with Gasteiger partial charge in [0.05, 0.1) is 23.4 Å². The summed E-state index contributed by atoms with van der Waals surface area (Å²) in [6, 6.07) is 14.6. The topological polar surface area (TPSA) is 59.6 Å². The molecule has 0 unspecified atom stereocenters. The highest BCUT2D eigenvalue weighted by atomic mass is 35.5. The van der Waals surface area contributed by atoms with E-state index in [0.29, 0.717) is 17.3 Å². The minimum absolute atomic E-state index is 0.307. The third-order valence-electron chi connectivity index (χ3n) is 4.20. The van der Waals surface area contributed by atoms with E-state index in [9.17, 15) is 4.79 Å². The average molecular weight is 375 g/mol. The van der Waals surface area contributed by atoms with Crippen molar-refractivity contribution in [2.45, 2.75) is 38.7 Å². The lowest BCUT2D eigenvalue weighted by Gasteiger charge is -2.41. The number of carbonyl (C=O) groups is 1. The van der Waals surface area contributed by atoms with Gasteiger partial charge in [0.1, 0.15) is 6.10 Å². The molecule has 0 saturated carbocycles. The molecule has 6 heteroatoms. The number of hydrogen-bond donors (Lipinski definition) is 2. The molecule has 1 aliphatic heterocycles. The molecule has 1 aliphatic rings. The molecule has 3 rings (SSSR count). The monoisotopic (exact) mass is 374 g/mol. The number of urea groups is 1. The van der Waals surface area contributed by atoms with Gasteiger partial charge in [-0.15, -0.1) is 0 Å². The number of benzene rings is 2. The number of carbonyl (C=O) groups excluding carboxylic acids is 1. The van der Waals surface area contributed by atoms with Gasteiger partial charge in [0.15, 0.2) is 5.79 Å². The summed E-state index contributed by atoms with van der Waals surface area (Å²) < 4.78 is 11.8. The van der Waals surface area contributed by atoms with Crippen LogP contribution < -0.4 is 10.6 Å². The van der Waals surface area contributed by atoms with E-state index in [-0.39, 0.29) is 18.2 Å². The summed E-state index contributed by atoms with van der Waals surface area (Å²) in [5, 5.41) is 6.23. The van der Waals surface area contributed by atoms with Crippen LogP contribution in [0.1, 0.15) is 31.1 Å². The molecule has 2 atom stereocenters. The molecule has 26 heavy (non-hydrogen) atoms. The number of rotatable bonds is 3. The number of nitrogens with one attached hydrogen (secondary N) is 2. The van der Waals surface area contributed by atoms with Gasteiger partial charge in [-0.3, -0.25) is 0 Å². The van der Waals surface area contributed by atoms with Crippen LogP contribution in [0.25, 0.3) is 0 Å². The first-order chi connectivity index (χ1) is 12.3. The lowest BCUT2D eigenvalue weighted by atomic mass is 10.0. The van der Waals surface area contributed by atoms with Crippen molar-refractivity contribution >= 4 is 23.3 Å². The number of ether oxygens (including phenoxy) is 2. The highest BCUT2D eigenvalue weighted by Gasteiger charge is 2.38. The Labute approximate surface area is 158 Å². The summed E-state index contributed by atoms with van der Waals surface area (Å²) in [4.78, 5) is 12.5. The van der Waals surface area contributed by atoms with Crippen molar-refractivity contribution in [1.29, 1.82) is 0 Å². The maximum Gasteiger partial charge on any atom is 0.319 e. The van der Waals surface area contributed by atoms with Crippen molar-refractivity contribution in [3.63, 3.8) is 0 Å². The van der Waals surface area contributed by atoms with Crippen molar-refractivity contribution in [3.05, 3.63) is 64.7 Å². The molecule has 1 fully saturated rings. The minimum atomic E-state index is -0.713. The van der Waals surface area contributed by atoms with Crippen LogP contribution in [0.15, 0.2) is 48.5 Å². The Kier molecular flexibility index (Phi) is 5.51. The molecule has 5 nitrogen and oxygen atoms in total. The Hall–Kier alpha value is -2.08. The van der Waals surface area contributed by atoms with Crippen molar-refractivity contribution in [2.24, 2.45) is 0 Å².